The Morgan fingerprint density at radius 3 is 2.60 bits per heavy atom. The van der Waals surface area contributed by atoms with Gasteiger partial charge in [0.05, 0.1) is 18.0 Å². The topological polar surface area (TPSA) is 69.9 Å². The van der Waals surface area contributed by atoms with Crippen LogP contribution < -0.4 is 4.74 Å². The lowest BCUT2D eigenvalue weighted by atomic mass is 10.1. The molecule has 0 fully saturated rings. The smallest absolute Gasteiger partial charge is 0.119 e. The van der Waals surface area contributed by atoms with E-state index in [1.54, 1.807) is 7.11 Å². The van der Waals surface area contributed by atoms with Gasteiger partial charge in [0.15, 0.2) is 0 Å². The molecule has 0 spiro atoms. The summed E-state index contributed by atoms with van der Waals surface area (Å²) in [5.41, 5.74) is 1.05. The molecule has 1 rings (SSSR count). The van der Waals surface area contributed by atoms with E-state index in [0.717, 1.165) is 11.3 Å². The molecule has 0 heterocycles. The van der Waals surface area contributed by atoms with E-state index in [4.69, 9.17) is 18.4 Å². The number of hydrogen-bond acceptors (Lipinski definition) is 4. The molecule has 1 aromatic rings. The molecule has 0 aliphatic rings. The predicted octanol–water partition coefficient (Wildman–Crippen LogP) is 2.85. The predicted molar refractivity (Wildman–Crippen MR) is 61.7 cm³/mol. The van der Waals surface area contributed by atoms with Crippen molar-refractivity contribution in [2.75, 3.05) is 12.9 Å². The molecule has 0 atom stereocenters. The maximum Gasteiger partial charge on any atom is 0.119 e. The molecule has 0 radical (unpaired) electrons. The van der Waals surface area contributed by atoms with E-state index < -0.39 is 10.9 Å². The van der Waals surface area contributed by atoms with Crippen molar-refractivity contribution in [2.24, 2.45) is 0 Å². The van der Waals surface area contributed by atoms with E-state index in [1.165, 1.54) is 0 Å². The monoisotopic (exact) mass is 232 g/mol. The number of methoxy groups -OCH3 is 1. The van der Waals surface area contributed by atoms with Gasteiger partial charge >= 0.3 is 0 Å². The fraction of sp³-hybridized carbons (Fsp3) is 0.400. The standard InChI is InChI=1S/C10H16O4S/c1-14-10-6-2-4-9(8-10)5-3-7-15(11,12)13/h2,4,6,8,11-13H,3,5,7H2,1H3. The Balaban J connectivity index is 2.44. The van der Waals surface area contributed by atoms with Crippen molar-refractivity contribution >= 4 is 10.9 Å². The van der Waals surface area contributed by atoms with Gasteiger partial charge in [0.25, 0.3) is 0 Å². The number of ether oxygens (including phenoxy) is 1. The van der Waals surface area contributed by atoms with Gasteiger partial charge in [-0.2, -0.15) is 0 Å². The van der Waals surface area contributed by atoms with Crippen molar-refractivity contribution in [3.05, 3.63) is 29.8 Å². The van der Waals surface area contributed by atoms with Gasteiger partial charge in [-0.3, -0.25) is 0 Å². The fourth-order valence-corrected chi connectivity index (χ4v) is 1.83. The van der Waals surface area contributed by atoms with Crippen LogP contribution in [-0.4, -0.2) is 26.5 Å². The number of rotatable bonds is 5. The van der Waals surface area contributed by atoms with Crippen LogP contribution in [0.2, 0.25) is 0 Å². The van der Waals surface area contributed by atoms with Crippen LogP contribution in [0.15, 0.2) is 24.3 Å². The fourth-order valence-electron chi connectivity index (χ4n) is 1.30. The molecule has 0 saturated heterocycles. The van der Waals surface area contributed by atoms with Crippen molar-refractivity contribution in [3.63, 3.8) is 0 Å². The molecule has 3 N–H and O–H groups in total. The Hall–Kier alpha value is -0.750. The van der Waals surface area contributed by atoms with Crippen LogP contribution in [0.1, 0.15) is 12.0 Å². The summed E-state index contributed by atoms with van der Waals surface area (Å²) in [6, 6.07) is 7.56. The molecule has 0 amide bonds. The highest BCUT2D eigenvalue weighted by atomic mass is 32.3. The van der Waals surface area contributed by atoms with Gasteiger partial charge in [-0.15, -0.1) is 0 Å². The maximum absolute atomic E-state index is 8.77. The molecule has 0 saturated carbocycles. The van der Waals surface area contributed by atoms with Gasteiger partial charge in [-0.05, 0) is 30.5 Å². The quantitative estimate of drug-likeness (QED) is 0.730. The Morgan fingerprint density at radius 2 is 2.00 bits per heavy atom. The summed E-state index contributed by atoms with van der Waals surface area (Å²) in [5, 5.41) is 0. The Labute approximate surface area is 91.1 Å². The average molecular weight is 232 g/mol. The van der Waals surface area contributed by atoms with Crippen molar-refractivity contribution in [3.8, 4) is 5.75 Å². The lowest BCUT2D eigenvalue weighted by Crippen LogP contribution is -2.02. The van der Waals surface area contributed by atoms with E-state index in [2.05, 4.69) is 0 Å². The maximum atomic E-state index is 8.77. The van der Waals surface area contributed by atoms with E-state index in [-0.39, 0.29) is 5.75 Å². The van der Waals surface area contributed by atoms with Crippen LogP contribution in [-0.2, 0) is 6.42 Å². The molecule has 1 aromatic carbocycles. The zero-order valence-corrected chi connectivity index (χ0v) is 9.41. The second kappa shape index (κ2) is 5.37. The van der Waals surface area contributed by atoms with E-state index in [0.29, 0.717) is 12.8 Å². The first-order valence-electron chi connectivity index (χ1n) is 4.62. The van der Waals surface area contributed by atoms with Gasteiger partial charge in [-0.1, -0.05) is 12.1 Å². The molecule has 0 aliphatic carbocycles. The van der Waals surface area contributed by atoms with Crippen LogP contribution in [0, 0.1) is 0 Å². The first-order valence-corrected chi connectivity index (χ1v) is 6.30. The number of benzene rings is 1. The second-order valence-corrected chi connectivity index (χ2v) is 4.96. The first kappa shape index (κ1) is 12.3. The summed E-state index contributed by atoms with van der Waals surface area (Å²) in [4.78, 5) is 0. The third kappa shape index (κ3) is 5.03. The summed E-state index contributed by atoms with van der Waals surface area (Å²) in [7, 11) is -1.74. The SMILES string of the molecule is COc1cccc(CCCS(O)(O)O)c1. The molecule has 0 unspecified atom stereocenters. The van der Waals surface area contributed by atoms with Gasteiger partial charge in [0.2, 0.25) is 0 Å². The molecule has 5 heteroatoms. The Morgan fingerprint density at radius 1 is 1.27 bits per heavy atom. The zero-order valence-electron chi connectivity index (χ0n) is 8.59. The van der Waals surface area contributed by atoms with Crippen LogP contribution in [0.5, 0.6) is 5.75 Å². The summed E-state index contributed by atoms with van der Waals surface area (Å²) < 4.78 is 31.4. The summed E-state index contributed by atoms with van der Waals surface area (Å²) in [5.74, 6) is 0.799. The van der Waals surface area contributed by atoms with Gasteiger partial charge in [0, 0.05) is 5.75 Å². The van der Waals surface area contributed by atoms with E-state index >= 15 is 0 Å². The minimum atomic E-state index is -3.34. The highest BCUT2D eigenvalue weighted by Gasteiger charge is 2.10. The van der Waals surface area contributed by atoms with Crippen LogP contribution >= 0.6 is 10.9 Å². The number of aryl methyl sites for hydroxylation is 1. The molecular weight excluding hydrogens is 216 g/mol. The van der Waals surface area contributed by atoms with Gasteiger partial charge < -0.3 is 18.4 Å². The Kier molecular flexibility index (Phi) is 4.41. The molecule has 86 valence electrons. The van der Waals surface area contributed by atoms with E-state index in [9.17, 15) is 0 Å². The lowest BCUT2D eigenvalue weighted by molar-refractivity contribution is 0.374. The molecule has 4 nitrogen and oxygen atoms in total. The van der Waals surface area contributed by atoms with Gasteiger partial charge in [0.1, 0.15) is 5.75 Å². The zero-order chi connectivity index (χ0) is 11.3. The summed E-state index contributed by atoms with van der Waals surface area (Å²) >= 11 is 0. The van der Waals surface area contributed by atoms with E-state index in [1.807, 2.05) is 24.3 Å². The molecular formula is C10H16O4S. The van der Waals surface area contributed by atoms with Crippen LogP contribution in [0.3, 0.4) is 0 Å². The highest BCUT2D eigenvalue weighted by Crippen LogP contribution is 2.33. The summed E-state index contributed by atoms with van der Waals surface area (Å²) in [6.45, 7) is 0. The van der Waals surface area contributed by atoms with Crippen molar-refractivity contribution in [1.29, 1.82) is 0 Å². The van der Waals surface area contributed by atoms with Crippen molar-refractivity contribution in [1.82, 2.24) is 0 Å². The Bertz CT molecular complexity index is 309. The van der Waals surface area contributed by atoms with Crippen LogP contribution in [0.4, 0.5) is 0 Å². The second-order valence-electron chi connectivity index (χ2n) is 3.29. The normalized spacial score (nSPS) is 12.5. The molecule has 0 bridgehead atoms. The summed E-state index contributed by atoms with van der Waals surface area (Å²) in [6.07, 6.45) is 1.22. The van der Waals surface area contributed by atoms with Gasteiger partial charge in [-0.25, -0.2) is 0 Å². The lowest BCUT2D eigenvalue weighted by Gasteiger charge is -2.18. The largest absolute Gasteiger partial charge is 0.497 e. The third-order valence-corrected chi connectivity index (χ3v) is 2.85. The van der Waals surface area contributed by atoms with Crippen molar-refractivity contribution in [2.45, 2.75) is 12.8 Å². The third-order valence-electron chi connectivity index (χ3n) is 2.02. The molecule has 0 aliphatic heterocycles. The number of hydrogen-bond donors (Lipinski definition) is 3. The van der Waals surface area contributed by atoms with Crippen molar-refractivity contribution < 1.29 is 18.4 Å². The minimum Gasteiger partial charge on any atom is -0.497 e. The minimum absolute atomic E-state index is 0.0181. The van der Waals surface area contributed by atoms with Crippen LogP contribution in [0.25, 0.3) is 0 Å². The highest BCUT2D eigenvalue weighted by molar-refractivity contribution is 8.19. The average Bonchev–Trinajstić information content (AvgIpc) is 2.16. The molecule has 0 aromatic heterocycles. The molecule has 15 heavy (non-hydrogen) atoms. The first-order chi connectivity index (χ1) is 7.01.